The third kappa shape index (κ3) is 2.18. The van der Waals surface area contributed by atoms with Gasteiger partial charge >= 0.3 is 0 Å². The summed E-state index contributed by atoms with van der Waals surface area (Å²) in [6.07, 6.45) is 2.52. The van der Waals surface area contributed by atoms with Gasteiger partial charge in [-0.25, -0.2) is 4.90 Å². The smallest absolute Gasteiger partial charge is 0.250 e. The molecule has 2 aromatic carbocycles. The fourth-order valence-electron chi connectivity index (χ4n) is 6.46. The van der Waals surface area contributed by atoms with Gasteiger partial charge in [0.25, 0.3) is 0 Å². The summed E-state index contributed by atoms with van der Waals surface area (Å²) in [7, 11) is 0. The van der Waals surface area contributed by atoms with E-state index >= 15 is 0 Å². The molecule has 6 nitrogen and oxygen atoms in total. The molecule has 4 heterocycles. The normalized spacial score (nSPS) is 31.4. The molecule has 4 aliphatic rings. The third-order valence-corrected chi connectivity index (χ3v) is 8.26. The fraction of sp³-hybridized carbons (Fsp3) is 0.375. The lowest BCUT2D eigenvalue weighted by molar-refractivity contribution is -0.135. The molecule has 0 saturated carbocycles. The van der Waals surface area contributed by atoms with E-state index < -0.39 is 17.4 Å². The van der Waals surface area contributed by atoms with Crippen LogP contribution in [-0.2, 0) is 26.3 Å². The van der Waals surface area contributed by atoms with Crippen LogP contribution in [0, 0.1) is 11.8 Å². The summed E-state index contributed by atoms with van der Waals surface area (Å²) in [6, 6.07) is 13.1. The number of nitrogens with one attached hydrogen (secondary N) is 1. The van der Waals surface area contributed by atoms with Gasteiger partial charge in [-0.05, 0) is 59.4 Å². The molecule has 0 aromatic heterocycles. The average molecular weight is 480 g/mol. The van der Waals surface area contributed by atoms with Gasteiger partial charge in [0.2, 0.25) is 17.7 Å². The first-order valence-electron chi connectivity index (χ1n) is 10.8. The molecule has 3 fully saturated rings. The first-order chi connectivity index (χ1) is 15.0. The van der Waals surface area contributed by atoms with Crippen molar-refractivity contribution in [1.82, 2.24) is 4.90 Å². The van der Waals surface area contributed by atoms with E-state index in [4.69, 9.17) is 0 Å². The van der Waals surface area contributed by atoms with Crippen LogP contribution in [0.3, 0.4) is 0 Å². The van der Waals surface area contributed by atoms with E-state index in [2.05, 4.69) is 33.1 Å². The molecule has 31 heavy (non-hydrogen) atoms. The third-order valence-electron chi connectivity index (χ3n) is 7.59. The van der Waals surface area contributed by atoms with Crippen molar-refractivity contribution >= 4 is 45.0 Å². The molecule has 158 valence electrons. The zero-order valence-electron chi connectivity index (χ0n) is 17.1. The highest BCUT2D eigenvalue weighted by atomic mass is 79.9. The van der Waals surface area contributed by atoms with Crippen molar-refractivity contribution in [1.29, 1.82) is 0 Å². The standard InChI is InChI=1S/C24H22BrN3O3/c1-2-13-7-5-8-14-20(13)26-23(31)24(14)19-18(17-11-6-12-27(17)24)21(29)28(22(19)30)16-10-4-3-9-15(16)25/h3-5,7-10,17-19H,2,6,11-12H2,1H3,(H,26,31). The van der Waals surface area contributed by atoms with E-state index in [1.807, 2.05) is 36.4 Å². The Balaban J connectivity index is 1.58. The van der Waals surface area contributed by atoms with Crippen molar-refractivity contribution in [2.24, 2.45) is 11.8 Å². The van der Waals surface area contributed by atoms with Crippen LogP contribution in [0.15, 0.2) is 46.9 Å². The summed E-state index contributed by atoms with van der Waals surface area (Å²) in [5.74, 6) is -1.86. The van der Waals surface area contributed by atoms with Gasteiger partial charge in [0.15, 0.2) is 0 Å². The molecule has 7 heteroatoms. The number of para-hydroxylation sites is 2. The van der Waals surface area contributed by atoms with E-state index in [-0.39, 0.29) is 23.8 Å². The maximum absolute atomic E-state index is 13.9. The largest absolute Gasteiger partial charge is 0.324 e. The zero-order chi connectivity index (χ0) is 21.5. The van der Waals surface area contributed by atoms with Gasteiger partial charge in [-0.15, -0.1) is 0 Å². The predicted octanol–water partition coefficient (Wildman–Crippen LogP) is 3.44. The monoisotopic (exact) mass is 479 g/mol. The maximum Gasteiger partial charge on any atom is 0.250 e. The Kier molecular flexibility index (Phi) is 4.02. The molecule has 4 atom stereocenters. The van der Waals surface area contributed by atoms with Crippen LogP contribution < -0.4 is 10.2 Å². The molecule has 1 N–H and O–H groups in total. The van der Waals surface area contributed by atoms with Gasteiger partial charge < -0.3 is 5.32 Å². The Hall–Kier alpha value is -2.51. The molecule has 1 spiro atoms. The van der Waals surface area contributed by atoms with E-state index in [9.17, 15) is 14.4 Å². The number of hydrogen-bond acceptors (Lipinski definition) is 4. The van der Waals surface area contributed by atoms with Crippen LogP contribution in [0.1, 0.15) is 30.9 Å². The number of hydrogen-bond donors (Lipinski definition) is 1. The van der Waals surface area contributed by atoms with Gasteiger partial charge in [0.05, 0.1) is 17.5 Å². The second kappa shape index (κ2) is 6.50. The second-order valence-electron chi connectivity index (χ2n) is 8.78. The van der Waals surface area contributed by atoms with E-state index in [1.165, 1.54) is 4.90 Å². The Morgan fingerprint density at radius 2 is 1.90 bits per heavy atom. The first kappa shape index (κ1) is 19.2. The molecule has 0 bridgehead atoms. The van der Waals surface area contributed by atoms with Crippen LogP contribution in [0.2, 0.25) is 0 Å². The summed E-state index contributed by atoms with van der Waals surface area (Å²) in [5, 5.41) is 3.10. The number of fused-ring (bicyclic) bond motifs is 7. The maximum atomic E-state index is 13.9. The minimum Gasteiger partial charge on any atom is -0.324 e. The van der Waals surface area contributed by atoms with Crippen molar-refractivity contribution in [3.8, 4) is 0 Å². The van der Waals surface area contributed by atoms with Crippen LogP contribution >= 0.6 is 15.9 Å². The zero-order valence-corrected chi connectivity index (χ0v) is 18.7. The molecule has 4 unspecified atom stereocenters. The predicted molar refractivity (Wildman–Crippen MR) is 119 cm³/mol. The van der Waals surface area contributed by atoms with Gasteiger partial charge in [-0.1, -0.05) is 37.3 Å². The van der Waals surface area contributed by atoms with E-state index in [1.54, 1.807) is 6.07 Å². The number of carbonyl (C=O) groups is 3. The Bertz CT molecular complexity index is 1160. The Morgan fingerprint density at radius 1 is 1.10 bits per heavy atom. The van der Waals surface area contributed by atoms with E-state index in [0.717, 1.165) is 42.6 Å². The quantitative estimate of drug-likeness (QED) is 0.669. The van der Waals surface area contributed by atoms with Gasteiger partial charge in [-0.3, -0.25) is 19.3 Å². The molecule has 0 radical (unpaired) electrons. The summed E-state index contributed by atoms with van der Waals surface area (Å²) in [4.78, 5) is 44.8. The number of rotatable bonds is 2. The molecule has 3 amide bonds. The average Bonchev–Trinajstić information content (AvgIpc) is 3.47. The van der Waals surface area contributed by atoms with Crippen molar-refractivity contribution in [3.05, 3.63) is 58.1 Å². The van der Waals surface area contributed by atoms with E-state index in [0.29, 0.717) is 10.2 Å². The SMILES string of the molecule is CCc1cccc2c1NC(=O)C21C2C(=O)N(c3ccccc3Br)C(=O)C2C2CCCN21. The minimum atomic E-state index is -1.12. The molecule has 2 aromatic rings. The fourth-order valence-corrected chi connectivity index (χ4v) is 6.92. The molecule has 4 aliphatic heterocycles. The van der Waals surface area contributed by atoms with Crippen molar-refractivity contribution < 1.29 is 14.4 Å². The molecule has 0 aliphatic carbocycles. The molecule has 6 rings (SSSR count). The van der Waals surface area contributed by atoms with Crippen LogP contribution in [0.4, 0.5) is 11.4 Å². The number of nitrogens with zero attached hydrogens (tertiary/aromatic N) is 2. The topological polar surface area (TPSA) is 69.7 Å². The van der Waals surface area contributed by atoms with Gasteiger partial charge in [0, 0.05) is 21.8 Å². The molecule has 3 saturated heterocycles. The lowest BCUT2D eigenvalue weighted by Crippen LogP contribution is -2.54. The highest BCUT2D eigenvalue weighted by Gasteiger charge is 2.74. The lowest BCUT2D eigenvalue weighted by Gasteiger charge is -2.36. The van der Waals surface area contributed by atoms with Crippen LogP contribution in [0.5, 0.6) is 0 Å². The van der Waals surface area contributed by atoms with Crippen molar-refractivity contribution in [2.75, 3.05) is 16.8 Å². The number of carbonyl (C=O) groups excluding carboxylic acids is 3. The minimum absolute atomic E-state index is 0.101. The lowest BCUT2D eigenvalue weighted by atomic mass is 9.75. The highest BCUT2D eigenvalue weighted by molar-refractivity contribution is 9.10. The number of benzene rings is 2. The molecular formula is C24H22BrN3O3. The highest BCUT2D eigenvalue weighted by Crippen LogP contribution is 2.61. The summed E-state index contributed by atoms with van der Waals surface area (Å²) < 4.78 is 0.693. The summed E-state index contributed by atoms with van der Waals surface area (Å²) in [5.41, 5.74) is 2.16. The first-order valence-corrected chi connectivity index (χ1v) is 11.6. The number of anilines is 2. The van der Waals surface area contributed by atoms with Crippen molar-refractivity contribution in [3.63, 3.8) is 0 Å². The van der Waals surface area contributed by atoms with Gasteiger partial charge in [0.1, 0.15) is 5.54 Å². The van der Waals surface area contributed by atoms with Gasteiger partial charge in [-0.2, -0.15) is 0 Å². The van der Waals surface area contributed by atoms with Crippen LogP contribution in [0.25, 0.3) is 0 Å². The Labute approximate surface area is 188 Å². The summed E-state index contributed by atoms with van der Waals surface area (Å²) in [6.45, 7) is 2.78. The number of imide groups is 1. The van der Waals surface area contributed by atoms with Crippen molar-refractivity contribution in [2.45, 2.75) is 37.8 Å². The number of halogens is 1. The van der Waals surface area contributed by atoms with Crippen LogP contribution in [-0.4, -0.2) is 35.2 Å². The summed E-state index contributed by atoms with van der Waals surface area (Å²) >= 11 is 3.49. The number of amides is 3. The Morgan fingerprint density at radius 3 is 2.68 bits per heavy atom. The molecular weight excluding hydrogens is 458 g/mol. The number of aryl methyl sites for hydroxylation is 1. The second-order valence-corrected chi connectivity index (χ2v) is 9.64.